The molecule has 0 radical (unpaired) electrons. The molecule has 1 unspecified atom stereocenters. The number of methoxy groups -OCH3 is 1. The summed E-state index contributed by atoms with van der Waals surface area (Å²) in [7, 11) is 1.29. The average Bonchev–Trinajstić information content (AvgIpc) is 2.53. The Kier molecular flexibility index (Phi) is 7.29. The molecule has 5 heteroatoms. The van der Waals surface area contributed by atoms with Gasteiger partial charge in [-0.1, -0.05) is 43.7 Å². The van der Waals surface area contributed by atoms with E-state index >= 15 is 0 Å². The molecule has 0 saturated heterocycles. The van der Waals surface area contributed by atoms with E-state index in [1.807, 2.05) is 37.3 Å². The number of carbonyl (C=O) groups is 2. The molecule has 0 saturated carbocycles. The number of hydrogen-bond acceptors (Lipinski definition) is 3. The number of hydrogen-bond donors (Lipinski definition) is 1. The van der Waals surface area contributed by atoms with Gasteiger partial charge in [0.15, 0.2) is 0 Å². The first-order chi connectivity index (χ1) is 10.1. The second kappa shape index (κ2) is 9.00. The van der Waals surface area contributed by atoms with Gasteiger partial charge in [-0.25, -0.2) is 4.79 Å². The van der Waals surface area contributed by atoms with Crippen LogP contribution in [0.2, 0.25) is 0 Å². The third-order valence-electron chi connectivity index (χ3n) is 3.30. The number of rotatable bonds is 7. The molecule has 0 spiro atoms. The predicted octanol–water partition coefficient (Wildman–Crippen LogP) is 2.73. The van der Waals surface area contributed by atoms with Crippen LogP contribution in [0.25, 0.3) is 0 Å². The highest BCUT2D eigenvalue weighted by Gasteiger charge is 2.26. The number of alkyl carbamates (subject to hydrolysis) is 1. The Labute approximate surface area is 126 Å². The maximum atomic E-state index is 12.7. The van der Waals surface area contributed by atoms with Crippen molar-refractivity contribution in [2.75, 3.05) is 20.2 Å². The van der Waals surface area contributed by atoms with Crippen LogP contribution in [-0.4, -0.2) is 37.1 Å². The number of amides is 2. The Hall–Kier alpha value is -2.04. The van der Waals surface area contributed by atoms with E-state index in [0.717, 1.165) is 18.4 Å². The molecule has 1 atom stereocenters. The first-order valence-electron chi connectivity index (χ1n) is 7.32. The van der Waals surface area contributed by atoms with E-state index in [1.54, 1.807) is 4.90 Å². The third kappa shape index (κ3) is 5.10. The van der Waals surface area contributed by atoms with Gasteiger partial charge in [0.1, 0.15) is 6.04 Å². The smallest absolute Gasteiger partial charge is 0.407 e. The van der Waals surface area contributed by atoms with Gasteiger partial charge in [0.05, 0.1) is 7.11 Å². The van der Waals surface area contributed by atoms with E-state index in [2.05, 4.69) is 17.0 Å². The number of nitrogens with one attached hydrogen (secondary N) is 1. The molecule has 0 aliphatic heterocycles. The van der Waals surface area contributed by atoms with E-state index in [4.69, 9.17) is 0 Å². The fraction of sp³-hybridized carbons (Fsp3) is 0.500. The summed E-state index contributed by atoms with van der Waals surface area (Å²) in [6, 6.07) is 8.50. The topological polar surface area (TPSA) is 58.6 Å². The Bertz CT molecular complexity index is 448. The maximum Gasteiger partial charge on any atom is 0.407 e. The summed E-state index contributed by atoms with van der Waals surface area (Å²) >= 11 is 0. The second-order valence-electron chi connectivity index (χ2n) is 4.75. The Morgan fingerprint density at radius 3 is 2.43 bits per heavy atom. The van der Waals surface area contributed by atoms with Crippen LogP contribution in [-0.2, 0) is 9.53 Å². The summed E-state index contributed by atoms with van der Waals surface area (Å²) in [6.07, 6.45) is 1.35. The van der Waals surface area contributed by atoms with Crippen molar-refractivity contribution in [2.45, 2.75) is 32.7 Å². The SMILES string of the molecule is CCCCN(CC)C(=O)C(NC(=O)OC)c1ccccc1. The largest absolute Gasteiger partial charge is 0.453 e. The number of unbranched alkanes of at least 4 members (excludes halogenated alkanes) is 1. The molecule has 116 valence electrons. The quantitative estimate of drug-likeness (QED) is 0.840. The zero-order valence-corrected chi connectivity index (χ0v) is 13.0. The van der Waals surface area contributed by atoms with Crippen molar-refractivity contribution in [1.82, 2.24) is 10.2 Å². The monoisotopic (exact) mass is 292 g/mol. The minimum absolute atomic E-state index is 0.109. The van der Waals surface area contributed by atoms with E-state index in [9.17, 15) is 9.59 Å². The minimum Gasteiger partial charge on any atom is -0.453 e. The standard InChI is InChI=1S/C16H24N2O3/c1-4-6-12-18(5-2)15(19)14(17-16(20)21-3)13-10-8-7-9-11-13/h7-11,14H,4-6,12H2,1-3H3,(H,17,20). The maximum absolute atomic E-state index is 12.7. The molecule has 2 amide bonds. The van der Waals surface area contributed by atoms with Crippen LogP contribution in [0.5, 0.6) is 0 Å². The molecule has 1 aromatic carbocycles. The van der Waals surface area contributed by atoms with E-state index < -0.39 is 12.1 Å². The van der Waals surface area contributed by atoms with Crippen molar-refractivity contribution >= 4 is 12.0 Å². The number of ether oxygens (including phenoxy) is 1. The van der Waals surface area contributed by atoms with Crippen molar-refractivity contribution in [3.8, 4) is 0 Å². The van der Waals surface area contributed by atoms with Crippen LogP contribution in [0.15, 0.2) is 30.3 Å². The third-order valence-corrected chi connectivity index (χ3v) is 3.30. The minimum atomic E-state index is -0.713. The van der Waals surface area contributed by atoms with Crippen LogP contribution in [0.3, 0.4) is 0 Å². The van der Waals surface area contributed by atoms with Crippen LogP contribution < -0.4 is 5.32 Å². The molecule has 0 bridgehead atoms. The molecule has 21 heavy (non-hydrogen) atoms. The molecular formula is C16H24N2O3. The number of nitrogens with zero attached hydrogens (tertiary/aromatic N) is 1. The van der Waals surface area contributed by atoms with Crippen molar-refractivity contribution in [1.29, 1.82) is 0 Å². The summed E-state index contributed by atoms with van der Waals surface area (Å²) in [5, 5.41) is 2.62. The average molecular weight is 292 g/mol. The van der Waals surface area contributed by atoms with E-state index in [0.29, 0.717) is 13.1 Å². The highest BCUT2D eigenvalue weighted by Crippen LogP contribution is 2.16. The Morgan fingerprint density at radius 2 is 1.90 bits per heavy atom. The fourth-order valence-corrected chi connectivity index (χ4v) is 2.07. The zero-order chi connectivity index (χ0) is 15.7. The number of likely N-dealkylation sites (N-methyl/N-ethyl adjacent to an activating group) is 1. The molecule has 1 rings (SSSR count). The zero-order valence-electron chi connectivity index (χ0n) is 13.0. The molecule has 0 aliphatic rings. The van der Waals surface area contributed by atoms with Crippen LogP contribution in [0.4, 0.5) is 4.79 Å². The summed E-state index contributed by atoms with van der Waals surface area (Å²) in [5.74, 6) is -0.109. The lowest BCUT2D eigenvalue weighted by atomic mass is 10.1. The lowest BCUT2D eigenvalue weighted by Gasteiger charge is -2.26. The lowest BCUT2D eigenvalue weighted by Crippen LogP contribution is -2.43. The fourth-order valence-electron chi connectivity index (χ4n) is 2.07. The van der Waals surface area contributed by atoms with Gasteiger partial charge in [0.25, 0.3) is 0 Å². The van der Waals surface area contributed by atoms with Gasteiger partial charge in [-0.2, -0.15) is 0 Å². The highest BCUT2D eigenvalue weighted by molar-refractivity contribution is 5.86. The van der Waals surface area contributed by atoms with Crippen LogP contribution in [0, 0.1) is 0 Å². The molecule has 1 N–H and O–H groups in total. The van der Waals surface area contributed by atoms with Crippen molar-refractivity contribution < 1.29 is 14.3 Å². The summed E-state index contributed by atoms with van der Waals surface area (Å²) in [4.78, 5) is 26.0. The Balaban J connectivity index is 2.94. The second-order valence-corrected chi connectivity index (χ2v) is 4.75. The highest BCUT2D eigenvalue weighted by atomic mass is 16.5. The summed E-state index contributed by atoms with van der Waals surface area (Å²) in [6.45, 7) is 5.33. The molecule has 0 heterocycles. The molecule has 5 nitrogen and oxygen atoms in total. The van der Waals surface area contributed by atoms with Gasteiger partial charge in [0.2, 0.25) is 5.91 Å². The first kappa shape index (κ1) is 17.0. The van der Waals surface area contributed by atoms with Gasteiger partial charge >= 0.3 is 6.09 Å². The predicted molar refractivity (Wildman–Crippen MR) is 81.9 cm³/mol. The van der Waals surface area contributed by atoms with Crippen molar-refractivity contribution in [3.63, 3.8) is 0 Å². The van der Waals surface area contributed by atoms with Gasteiger partial charge in [-0.15, -0.1) is 0 Å². The van der Waals surface area contributed by atoms with Gasteiger partial charge in [0, 0.05) is 13.1 Å². The number of carbonyl (C=O) groups excluding carboxylic acids is 2. The molecule has 0 fully saturated rings. The van der Waals surface area contributed by atoms with Crippen molar-refractivity contribution in [2.24, 2.45) is 0 Å². The Morgan fingerprint density at radius 1 is 1.24 bits per heavy atom. The van der Waals surface area contributed by atoms with E-state index in [1.165, 1.54) is 7.11 Å². The van der Waals surface area contributed by atoms with Crippen LogP contribution >= 0.6 is 0 Å². The van der Waals surface area contributed by atoms with Gasteiger partial charge in [-0.3, -0.25) is 4.79 Å². The van der Waals surface area contributed by atoms with Gasteiger partial charge in [-0.05, 0) is 18.9 Å². The summed E-state index contributed by atoms with van der Waals surface area (Å²) in [5.41, 5.74) is 0.753. The van der Waals surface area contributed by atoms with Crippen molar-refractivity contribution in [3.05, 3.63) is 35.9 Å². The molecule has 0 aromatic heterocycles. The van der Waals surface area contributed by atoms with Crippen LogP contribution in [0.1, 0.15) is 38.3 Å². The molecule has 1 aromatic rings. The normalized spacial score (nSPS) is 11.6. The summed E-state index contributed by atoms with van der Waals surface area (Å²) < 4.78 is 4.63. The molecular weight excluding hydrogens is 268 g/mol. The van der Waals surface area contributed by atoms with Gasteiger partial charge < -0.3 is 15.0 Å². The lowest BCUT2D eigenvalue weighted by molar-refractivity contribution is -0.133. The van der Waals surface area contributed by atoms with E-state index in [-0.39, 0.29) is 5.91 Å². The molecule has 0 aliphatic carbocycles. The first-order valence-corrected chi connectivity index (χ1v) is 7.32. The number of benzene rings is 1.